The first-order chi connectivity index (χ1) is 17.2. The van der Waals surface area contributed by atoms with Crippen LogP contribution in [0, 0.1) is 0 Å². The lowest BCUT2D eigenvalue weighted by Crippen LogP contribution is -2.42. The summed E-state index contributed by atoms with van der Waals surface area (Å²) in [5.41, 5.74) is 6.34. The quantitative estimate of drug-likeness (QED) is 0.265. The van der Waals surface area contributed by atoms with E-state index in [9.17, 15) is 9.90 Å². The number of halogens is 1. The van der Waals surface area contributed by atoms with Crippen LogP contribution in [0.1, 0.15) is 20.8 Å². The highest BCUT2D eigenvalue weighted by molar-refractivity contribution is 7.45. The van der Waals surface area contributed by atoms with Gasteiger partial charge in [-0.1, -0.05) is 18.2 Å². The number of carbonyl (C=O) groups is 1. The molecule has 2 aliphatic rings. The van der Waals surface area contributed by atoms with Crippen LogP contribution in [0.5, 0.6) is 5.75 Å². The van der Waals surface area contributed by atoms with Gasteiger partial charge in [0.2, 0.25) is 0 Å². The van der Waals surface area contributed by atoms with Crippen LogP contribution in [0.15, 0.2) is 36.7 Å². The van der Waals surface area contributed by atoms with E-state index >= 15 is 4.39 Å². The molecule has 0 spiro atoms. The van der Waals surface area contributed by atoms with Gasteiger partial charge in [-0.05, 0) is 32.9 Å². The zero-order valence-electron chi connectivity index (χ0n) is 20.1. The van der Waals surface area contributed by atoms with Gasteiger partial charge in [-0.2, -0.15) is 0 Å². The molecule has 14 heteroatoms. The van der Waals surface area contributed by atoms with E-state index in [1.54, 1.807) is 45.0 Å². The number of para-hydroxylation sites is 1. The number of nitrogens with one attached hydrogen (secondary N) is 2. The summed E-state index contributed by atoms with van der Waals surface area (Å²) >= 11 is 0. The summed E-state index contributed by atoms with van der Waals surface area (Å²) in [7, 11) is -1.88. The molecular weight excluding hydrogens is 494 g/mol. The maximum absolute atomic E-state index is 15.1. The molecule has 0 radical (unpaired) electrons. The number of aliphatic hydroxyl groups excluding tert-OH is 1. The fourth-order valence-corrected chi connectivity index (χ4v) is 4.87. The fourth-order valence-electron chi connectivity index (χ4n) is 3.67. The van der Waals surface area contributed by atoms with Gasteiger partial charge in [0.1, 0.15) is 36.0 Å². The van der Waals surface area contributed by atoms with Crippen LogP contribution in [-0.4, -0.2) is 71.1 Å². The van der Waals surface area contributed by atoms with Crippen molar-refractivity contribution in [1.82, 2.24) is 15.1 Å². The summed E-state index contributed by atoms with van der Waals surface area (Å²) in [5.74, 6) is 0.654. The number of fused-ring (bicyclic) bond motifs is 1. The Morgan fingerprint density at radius 2 is 2.11 bits per heavy atom. The number of rotatable bonds is 10. The Hall–Kier alpha value is -2.83. The molecule has 6 atom stereocenters. The fraction of sp³-hybridized carbons (Fsp3) is 0.500. The predicted octanol–water partition coefficient (Wildman–Crippen LogP) is 1.92. The minimum Gasteiger partial charge on any atom is -0.462 e. The Balaban J connectivity index is 1.41. The Morgan fingerprint density at radius 3 is 2.83 bits per heavy atom. The molecule has 2 aromatic rings. The molecule has 3 heterocycles. The third-order valence-corrected chi connectivity index (χ3v) is 6.81. The van der Waals surface area contributed by atoms with Crippen LogP contribution in [0.3, 0.4) is 0 Å². The third-order valence-electron chi connectivity index (χ3n) is 5.45. The number of aromatic nitrogens is 2. The van der Waals surface area contributed by atoms with Crippen molar-refractivity contribution in [3.05, 3.63) is 36.7 Å². The minimum absolute atomic E-state index is 0.185. The largest absolute Gasteiger partial charge is 0.462 e. The van der Waals surface area contributed by atoms with Gasteiger partial charge in [0.05, 0.1) is 19.4 Å². The molecule has 5 N–H and O–H groups in total. The Labute approximate surface area is 209 Å². The Morgan fingerprint density at radius 1 is 1.36 bits per heavy atom. The number of benzene rings is 1. The lowest BCUT2D eigenvalue weighted by atomic mass is 10.1. The molecule has 0 aliphatic carbocycles. The monoisotopic (exact) mass is 524 g/mol. The second-order valence-corrected chi connectivity index (χ2v) is 9.77. The van der Waals surface area contributed by atoms with E-state index in [-0.39, 0.29) is 25.2 Å². The minimum atomic E-state index is -1.88. The molecule has 1 fully saturated rings. The average Bonchev–Trinajstić information content (AvgIpc) is 3.39. The number of alkyl halides is 1. The zero-order chi connectivity index (χ0) is 25.8. The first-order valence-corrected chi connectivity index (χ1v) is 12.6. The van der Waals surface area contributed by atoms with Crippen LogP contribution in [-0.2, 0) is 18.8 Å². The van der Waals surface area contributed by atoms with Gasteiger partial charge in [0.25, 0.3) is 0 Å². The van der Waals surface area contributed by atoms with Gasteiger partial charge in [0, 0.05) is 0 Å². The lowest BCUT2D eigenvalue weighted by molar-refractivity contribution is -0.149. The first kappa shape index (κ1) is 26.2. The topological polar surface area (TPSA) is 153 Å². The van der Waals surface area contributed by atoms with Crippen LogP contribution in [0.25, 0.3) is 0 Å². The van der Waals surface area contributed by atoms with Gasteiger partial charge in [-0.25, -0.2) is 19.4 Å². The third kappa shape index (κ3) is 5.93. The number of hydrogen-bond donors (Lipinski definition) is 4. The van der Waals surface area contributed by atoms with E-state index in [4.69, 9.17) is 24.3 Å². The molecule has 0 bridgehead atoms. The Bertz CT molecular complexity index is 1040. The molecule has 2 aliphatic heterocycles. The van der Waals surface area contributed by atoms with E-state index < -0.39 is 45.1 Å². The molecule has 1 aromatic carbocycles. The number of nitrogens with two attached hydrogens (primary N) is 1. The first-order valence-electron chi connectivity index (χ1n) is 11.5. The number of nitrogen functional groups attached to an aromatic ring is 1. The van der Waals surface area contributed by atoms with Crippen molar-refractivity contribution in [1.29, 1.82) is 0 Å². The Kier molecular flexibility index (Phi) is 8.37. The molecular formula is C22H30FN6O6P. The molecule has 0 amide bonds. The smallest absolute Gasteiger partial charge is 0.323 e. The van der Waals surface area contributed by atoms with Crippen LogP contribution in [0.4, 0.5) is 21.7 Å². The summed E-state index contributed by atoms with van der Waals surface area (Å²) in [6.45, 7) is 5.11. The highest BCUT2D eigenvalue weighted by Gasteiger charge is 2.49. The van der Waals surface area contributed by atoms with Crippen molar-refractivity contribution in [2.75, 3.05) is 29.2 Å². The normalized spacial score (nSPS) is 24.8. The van der Waals surface area contributed by atoms with Crippen molar-refractivity contribution in [3.8, 4) is 5.75 Å². The van der Waals surface area contributed by atoms with Crippen molar-refractivity contribution >= 4 is 31.8 Å². The number of carbonyl (C=O) groups excluding carboxylic acids is 1. The maximum atomic E-state index is 15.1. The molecule has 36 heavy (non-hydrogen) atoms. The number of hydrogen-bond acceptors (Lipinski definition) is 12. The van der Waals surface area contributed by atoms with E-state index in [0.717, 1.165) is 0 Å². The number of aliphatic hydroxyl groups is 1. The maximum Gasteiger partial charge on any atom is 0.323 e. The summed E-state index contributed by atoms with van der Waals surface area (Å²) in [4.78, 5) is 21.9. The number of ether oxygens (including phenoxy) is 2. The SMILES string of the molecule is CC(C)OC(=O)[C@H](C)NP(OCC1OC(N2CNc3c(N)ncnc32)C(F)C1O)Oc1ccccc1. The number of nitrogens with zero attached hydrogens (tertiary/aromatic N) is 3. The van der Waals surface area contributed by atoms with E-state index in [1.807, 2.05) is 6.07 Å². The van der Waals surface area contributed by atoms with Crippen molar-refractivity contribution < 1.29 is 32.8 Å². The average molecular weight is 524 g/mol. The summed E-state index contributed by atoms with van der Waals surface area (Å²) < 4.78 is 37.9. The van der Waals surface area contributed by atoms with Gasteiger partial charge >= 0.3 is 14.5 Å². The number of esters is 1. The van der Waals surface area contributed by atoms with Crippen molar-refractivity contribution in [2.24, 2.45) is 0 Å². The van der Waals surface area contributed by atoms with Crippen LogP contribution >= 0.6 is 8.53 Å². The second kappa shape index (κ2) is 11.5. The molecule has 5 unspecified atom stereocenters. The van der Waals surface area contributed by atoms with Crippen LogP contribution in [0.2, 0.25) is 0 Å². The predicted molar refractivity (Wildman–Crippen MR) is 131 cm³/mol. The lowest BCUT2D eigenvalue weighted by Gasteiger charge is -2.26. The van der Waals surface area contributed by atoms with Gasteiger partial charge in [0.15, 0.2) is 24.0 Å². The molecule has 4 rings (SSSR count). The zero-order valence-corrected chi connectivity index (χ0v) is 21.0. The van der Waals surface area contributed by atoms with Crippen molar-refractivity contribution in [3.63, 3.8) is 0 Å². The molecule has 0 saturated carbocycles. The molecule has 196 valence electrons. The summed E-state index contributed by atoms with van der Waals surface area (Å²) in [6.07, 6.45) is -4.33. The molecule has 1 aromatic heterocycles. The van der Waals surface area contributed by atoms with E-state index in [0.29, 0.717) is 17.3 Å². The second-order valence-electron chi connectivity index (χ2n) is 8.56. The van der Waals surface area contributed by atoms with Gasteiger partial charge < -0.3 is 39.6 Å². The van der Waals surface area contributed by atoms with E-state index in [2.05, 4.69) is 20.4 Å². The standard InChI is InChI=1S/C22H30FN6O6P/c1-12(2)33-22(31)13(3)28-36(35-14-7-5-4-6-8-14)32-9-15-18(30)16(23)21(34-15)29-11-27-17-19(24)25-10-26-20(17)29/h4-8,10,12-13,15-16,18,21,27-28,30H,9,11H2,1-3H3,(H2,24,25,26)/t13-,15?,16?,18?,21?,36?/m0/s1. The highest BCUT2D eigenvalue weighted by Crippen LogP contribution is 2.40. The summed E-state index contributed by atoms with van der Waals surface area (Å²) in [5, 5.41) is 16.5. The molecule has 1 saturated heterocycles. The number of anilines is 3. The van der Waals surface area contributed by atoms with Crippen molar-refractivity contribution in [2.45, 2.75) is 57.5 Å². The highest BCUT2D eigenvalue weighted by atomic mass is 31.2. The molecule has 12 nitrogen and oxygen atoms in total. The van der Waals surface area contributed by atoms with Gasteiger partial charge in [-0.15, -0.1) is 0 Å². The summed E-state index contributed by atoms with van der Waals surface area (Å²) in [6, 6.07) is 8.14. The van der Waals surface area contributed by atoms with Crippen LogP contribution < -0.4 is 25.6 Å². The van der Waals surface area contributed by atoms with E-state index in [1.165, 1.54) is 11.2 Å². The van der Waals surface area contributed by atoms with Gasteiger partial charge in [-0.3, -0.25) is 4.79 Å².